The minimum absolute atomic E-state index is 0.681. The lowest BCUT2D eigenvalue weighted by atomic mass is 9.93. The summed E-state index contributed by atoms with van der Waals surface area (Å²) < 4.78 is 0. The van der Waals surface area contributed by atoms with E-state index in [0.717, 1.165) is 12.5 Å². The number of hydrogen-bond acceptors (Lipinski definition) is 3. The van der Waals surface area contributed by atoms with Crippen molar-refractivity contribution < 1.29 is 0 Å². The quantitative estimate of drug-likeness (QED) is 0.861. The number of hydrogen-bond donors (Lipinski definition) is 1. The van der Waals surface area contributed by atoms with Gasteiger partial charge in [-0.25, -0.2) is 0 Å². The molecule has 0 bridgehead atoms. The second-order valence-electron chi connectivity index (χ2n) is 5.30. The Morgan fingerprint density at radius 1 is 1.53 bits per heavy atom. The van der Waals surface area contributed by atoms with Gasteiger partial charge >= 0.3 is 0 Å². The summed E-state index contributed by atoms with van der Waals surface area (Å²) in [7, 11) is 2.21. The van der Waals surface area contributed by atoms with Crippen LogP contribution in [0.15, 0.2) is 24.5 Å². The Labute approximate surface area is 104 Å². The minimum atomic E-state index is 0.681. The van der Waals surface area contributed by atoms with E-state index in [1.807, 2.05) is 18.5 Å². The largest absolute Gasteiger partial charge is 0.314 e. The zero-order valence-electron chi connectivity index (χ0n) is 10.9. The molecule has 1 aromatic rings. The molecule has 0 aromatic carbocycles. The van der Waals surface area contributed by atoms with Crippen LogP contribution in [0, 0.1) is 5.92 Å². The predicted molar refractivity (Wildman–Crippen MR) is 70.8 cm³/mol. The van der Waals surface area contributed by atoms with Crippen LogP contribution < -0.4 is 5.32 Å². The highest BCUT2D eigenvalue weighted by Gasteiger charge is 2.19. The summed E-state index contributed by atoms with van der Waals surface area (Å²) >= 11 is 0. The second-order valence-corrected chi connectivity index (χ2v) is 5.30. The first kappa shape index (κ1) is 12.5. The molecule has 2 heterocycles. The predicted octanol–water partition coefficient (Wildman–Crippen LogP) is 1.90. The van der Waals surface area contributed by atoms with E-state index >= 15 is 0 Å². The Morgan fingerprint density at radius 2 is 2.41 bits per heavy atom. The van der Waals surface area contributed by atoms with E-state index in [4.69, 9.17) is 0 Å². The molecule has 1 N–H and O–H groups in total. The van der Waals surface area contributed by atoms with Gasteiger partial charge in [0.2, 0.25) is 0 Å². The second kappa shape index (κ2) is 6.12. The fourth-order valence-electron chi connectivity index (χ4n) is 2.71. The SMILES string of the molecule is CC1CC(CN(C)Cc2cccnc2)CCN1. The van der Waals surface area contributed by atoms with E-state index in [1.54, 1.807) is 0 Å². The van der Waals surface area contributed by atoms with Gasteiger partial charge < -0.3 is 10.2 Å². The van der Waals surface area contributed by atoms with Gasteiger partial charge in [-0.05, 0) is 50.9 Å². The van der Waals surface area contributed by atoms with Gasteiger partial charge in [0.05, 0.1) is 0 Å². The highest BCUT2D eigenvalue weighted by molar-refractivity contribution is 5.07. The summed E-state index contributed by atoms with van der Waals surface area (Å²) in [5.74, 6) is 0.841. The van der Waals surface area contributed by atoms with Gasteiger partial charge in [0.15, 0.2) is 0 Å². The Morgan fingerprint density at radius 3 is 3.12 bits per heavy atom. The van der Waals surface area contributed by atoms with Crippen LogP contribution in [0.5, 0.6) is 0 Å². The lowest BCUT2D eigenvalue weighted by molar-refractivity contribution is 0.215. The van der Waals surface area contributed by atoms with Crippen molar-refractivity contribution in [1.29, 1.82) is 0 Å². The third-order valence-corrected chi connectivity index (χ3v) is 3.48. The van der Waals surface area contributed by atoms with Gasteiger partial charge in [-0.1, -0.05) is 6.07 Å². The van der Waals surface area contributed by atoms with Crippen molar-refractivity contribution >= 4 is 0 Å². The van der Waals surface area contributed by atoms with Crippen molar-refractivity contribution in [1.82, 2.24) is 15.2 Å². The Hall–Kier alpha value is -0.930. The van der Waals surface area contributed by atoms with Gasteiger partial charge in [-0.2, -0.15) is 0 Å². The summed E-state index contributed by atoms with van der Waals surface area (Å²) in [5, 5.41) is 3.51. The van der Waals surface area contributed by atoms with Gasteiger partial charge in [0, 0.05) is 31.5 Å². The molecule has 0 saturated carbocycles. The number of piperidine rings is 1. The number of nitrogens with zero attached hydrogens (tertiary/aromatic N) is 2. The van der Waals surface area contributed by atoms with E-state index in [9.17, 15) is 0 Å². The molecular formula is C14H23N3. The van der Waals surface area contributed by atoms with Crippen LogP contribution in [0.2, 0.25) is 0 Å². The van der Waals surface area contributed by atoms with Crippen molar-refractivity contribution in [2.24, 2.45) is 5.92 Å². The van der Waals surface area contributed by atoms with Crippen LogP contribution in [0.1, 0.15) is 25.3 Å². The molecule has 0 amide bonds. The maximum Gasteiger partial charge on any atom is 0.0312 e. The molecule has 2 rings (SSSR count). The molecule has 1 aliphatic rings. The zero-order chi connectivity index (χ0) is 12.1. The van der Waals surface area contributed by atoms with Gasteiger partial charge in [-0.15, -0.1) is 0 Å². The average molecular weight is 233 g/mol. The Balaban J connectivity index is 1.79. The molecule has 1 fully saturated rings. The summed E-state index contributed by atoms with van der Waals surface area (Å²) in [4.78, 5) is 6.58. The highest BCUT2D eigenvalue weighted by Crippen LogP contribution is 2.17. The smallest absolute Gasteiger partial charge is 0.0312 e. The van der Waals surface area contributed by atoms with Crippen molar-refractivity contribution in [2.45, 2.75) is 32.4 Å². The first-order valence-corrected chi connectivity index (χ1v) is 6.55. The summed E-state index contributed by atoms with van der Waals surface area (Å²) in [6, 6.07) is 4.84. The van der Waals surface area contributed by atoms with Crippen molar-refractivity contribution in [3.05, 3.63) is 30.1 Å². The van der Waals surface area contributed by atoms with Crippen LogP contribution in [-0.4, -0.2) is 36.1 Å². The molecule has 94 valence electrons. The topological polar surface area (TPSA) is 28.2 Å². The lowest BCUT2D eigenvalue weighted by Crippen LogP contribution is -2.39. The molecule has 17 heavy (non-hydrogen) atoms. The monoisotopic (exact) mass is 233 g/mol. The fourth-order valence-corrected chi connectivity index (χ4v) is 2.71. The van der Waals surface area contributed by atoms with Gasteiger partial charge in [-0.3, -0.25) is 4.98 Å². The maximum absolute atomic E-state index is 4.16. The summed E-state index contributed by atoms with van der Waals surface area (Å²) in [6.07, 6.45) is 6.40. The molecule has 0 aliphatic carbocycles. The number of aromatic nitrogens is 1. The molecule has 1 aromatic heterocycles. The average Bonchev–Trinajstić information content (AvgIpc) is 2.30. The Kier molecular flexibility index (Phi) is 4.51. The highest BCUT2D eigenvalue weighted by atomic mass is 15.1. The molecule has 3 nitrogen and oxygen atoms in total. The third-order valence-electron chi connectivity index (χ3n) is 3.48. The molecule has 3 heteroatoms. The molecular weight excluding hydrogens is 210 g/mol. The first-order valence-electron chi connectivity index (χ1n) is 6.55. The maximum atomic E-state index is 4.16. The standard InChI is InChI=1S/C14H23N3/c1-12-8-13(5-7-16-12)10-17(2)11-14-4-3-6-15-9-14/h3-4,6,9,12-13,16H,5,7-8,10-11H2,1-2H3. The van der Waals surface area contributed by atoms with Crippen LogP contribution in [0.3, 0.4) is 0 Å². The van der Waals surface area contributed by atoms with E-state index in [2.05, 4.69) is 35.2 Å². The summed E-state index contributed by atoms with van der Waals surface area (Å²) in [6.45, 7) is 5.66. The van der Waals surface area contributed by atoms with Crippen LogP contribution >= 0.6 is 0 Å². The normalized spacial score (nSPS) is 25.1. The van der Waals surface area contributed by atoms with E-state index in [1.165, 1.54) is 31.5 Å². The van der Waals surface area contributed by atoms with Crippen molar-refractivity contribution in [3.8, 4) is 0 Å². The molecule has 0 spiro atoms. The van der Waals surface area contributed by atoms with Crippen LogP contribution in [0.4, 0.5) is 0 Å². The van der Waals surface area contributed by atoms with E-state index in [0.29, 0.717) is 6.04 Å². The molecule has 0 radical (unpaired) electrons. The lowest BCUT2D eigenvalue weighted by Gasteiger charge is -2.31. The van der Waals surface area contributed by atoms with Crippen LogP contribution in [-0.2, 0) is 6.54 Å². The molecule has 2 atom stereocenters. The zero-order valence-corrected chi connectivity index (χ0v) is 10.9. The van der Waals surface area contributed by atoms with Crippen molar-refractivity contribution in [3.63, 3.8) is 0 Å². The van der Waals surface area contributed by atoms with Crippen LogP contribution in [0.25, 0.3) is 0 Å². The fraction of sp³-hybridized carbons (Fsp3) is 0.643. The van der Waals surface area contributed by atoms with Gasteiger partial charge in [0.1, 0.15) is 0 Å². The summed E-state index contributed by atoms with van der Waals surface area (Å²) in [5.41, 5.74) is 1.30. The van der Waals surface area contributed by atoms with E-state index in [-0.39, 0.29) is 0 Å². The minimum Gasteiger partial charge on any atom is -0.314 e. The molecule has 1 aliphatic heterocycles. The number of rotatable bonds is 4. The molecule has 1 saturated heterocycles. The van der Waals surface area contributed by atoms with Gasteiger partial charge in [0.25, 0.3) is 0 Å². The molecule has 2 unspecified atom stereocenters. The van der Waals surface area contributed by atoms with E-state index < -0.39 is 0 Å². The Bertz CT molecular complexity index is 325. The van der Waals surface area contributed by atoms with Crippen molar-refractivity contribution in [2.75, 3.05) is 20.1 Å². The number of nitrogens with one attached hydrogen (secondary N) is 1. The first-order chi connectivity index (χ1) is 8.24. The number of pyridine rings is 1. The third kappa shape index (κ3) is 4.10.